The lowest BCUT2D eigenvalue weighted by Crippen LogP contribution is -2.50. The summed E-state index contributed by atoms with van der Waals surface area (Å²) >= 11 is 2.09. The van der Waals surface area contributed by atoms with Gasteiger partial charge in [0.15, 0.2) is 0 Å². The van der Waals surface area contributed by atoms with Crippen LogP contribution in [0.15, 0.2) is 48.5 Å². The number of amides is 2. The summed E-state index contributed by atoms with van der Waals surface area (Å²) in [7, 11) is -2.35. The van der Waals surface area contributed by atoms with Gasteiger partial charge in [0.25, 0.3) is 0 Å². The molecule has 0 spiro atoms. The van der Waals surface area contributed by atoms with Crippen LogP contribution >= 0.6 is 22.6 Å². The van der Waals surface area contributed by atoms with Gasteiger partial charge in [0.1, 0.15) is 18.4 Å². The van der Waals surface area contributed by atoms with Crippen LogP contribution in [0.5, 0.6) is 0 Å². The number of sulfonamides is 1. The minimum Gasteiger partial charge on any atom is -0.357 e. The molecule has 0 heterocycles. The van der Waals surface area contributed by atoms with Gasteiger partial charge in [-0.15, -0.1) is 0 Å². The van der Waals surface area contributed by atoms with Gasteiger partial charge in [-0.05, 0) is 59.8 Å². The van der Waals surface area contributed by atoms with Gasteiger partial charge in [0.05, 0.1) is 11.9 Å². The van der Waals surface area contributed by atoms with E-state index in [1.165, 1.54) is 37.1 Å². The maximum Gasteiger partial charge on any atom is 0.244 e. The summed E-state index contributed by atoms with van der Waals surface area (Å²) in [6.07, 6.45) is 1.00. The van der Waals surface area contributed by atoms with Crippen molar-refractivity contribution in [3.05, 3.63) is 63.5 Å². The summed E-state index contributed by atoms with van der Waals surface area (Å²) < 4.78 is 40.8. The lowest BCUT2D eigenvalue weighted by Gasteiger charge is -2.31. The molecule has 0 aliphatic rings. The van der Waals surface area contributed by atoms with Crippen molar-refractivity contribution in [3.63, 3.8) is 0 Å². The molecular weight excluding hydrogens is 524 g/mol. The second-order valence-corrected chi connectivity index (χ2v) is 9.80. The molecule has 0 saturated carbocycles. The summed E-state index contributed by atoms with van der Waals surface area (Å²) in [4.78, 5) is 26.5. The Balaban J connectivity index is 2.38. The van der Waals surface area contributed by atoms with Crippen molar-refractivity contribution in [3.8, 4) is 0 Å². The number of carbonyl (C=O) groups excluding carboxylic acids is 2. The Bertz CT molecular complexity index is 1010. The summed E-state index contributed by atoms with van der Waals surface area (Å²) in [5.41, 5.74) is 0.548. The zero-order valence-electron chi connectivity index (χ0n) is 16.8. The zero-order chi connectivity index (χ0) is 22.5. The number of hydrogen-bond donors (Lipinski definition) is 1. The van der Waals surface area contributed by atoms with Gasteiger partial charge in [-0.1, -0.05) is 18.2 Å². The summed E-state index contributed by atoms with van der Waals surface area (Å²) in [5, 5.41) is 2.46. The SMILES string of the molecule is CNC(=O)[C@@H](C)N(Cc1ccccc1F)C(=O)CN(c1ccc(I)cc1)S(C)(=O)=O. The molecule has 1 atom stereocenters. The lowest BCUT2D eigenvalue weighted by molar-refractivity contribution is -0.139. The van der Waals surface area contributed by atoms with Gasteiger partial charge in [0, 0.05) is 22.7 Å². The van der Waals surface area contributed by atoms with Crippen molar-refractivity contribution in [1.82, 2.24) is 10.2 Å². The van der Waals surface area contributed by atoms with E-state index in [0.29, 0.717) is 5.69 Å². The van der Waals surface area contributed by atoms with E-state index in [0.717, 1.165) is 14.1 Å². The molecule has 0 aromatic heterocycles. The lowest BCUT2D eigenvalue weighted by atomic mass is 10.1. The molecule has 2 aromatic carbocycles. The first-order valence-electron chi connectivity index (χ1n) is 9.02. The smallest absolute Gasteiger partial charge is 0.244 e. The number of nitrogens with one attached hydrogen (secondary N) is 1. The fourth-order valence-electron chi connectivity index (χ4n) is 2.82. The van der Waals surface area contributed by atoms with Gasteiger partial charge in [0.2, 0.25) is 21.8 Å². The van der Waals surface area contributed by atoms with E-state index in [4.69, 9.17) is 0 Å². The second kappa shape index (κ2) is 10.2. The van der Waals surface area contributed by atoms with Gasteiger partial charge < -0.3 is 10.2 Å². The van der Waals surface area contributed by atoms with Crippen LogP contribution in [0, 0.1) is 9.39 Å². The van der Waals surface area contributed by atoms with E-state index >= 15 is 0 Å². The van der Waals surface area contributed by atoms with Crippen molar-refractivity contribution in [1.29, 1.82) is 0 Å². The fourth-order valence-corrected chi connectivity index (χ4v) is 4.03. The van der Waals surface area contributed by atoms with Gasteiger partial charge in [-0.25, -0.2) is 12.8 Å². The Labute approximate surface area is 189 Å². The van der Waals surface area contributed by atoms with Crippen molar-refractivity contribution >= 4 is 50.1 Å². The highest BCUT2D eigenvalue weighted by atomic mass is 127. The highest BCUT2D eigenvalue weighted by Crippen LogP contribution is 2.20. The Hall–Kier alpha value is -2.21. The average molecular weight is 547 g/mol. The van der Waals surface area contributed by atoms with Crippen LogP contribution in [-0.2, 0) is 26.2 Å². The molecule has 2 aromatic rings. The minimum atomic E-state index is -3.78. The molecule has 0 aliphatic carbocycles. The molecule has 30 heavy (non-hydrogen) atoms. The third kappa shape index (κ3) is 6.14. The molecule has 0 radical (unpaired) electrons. The van der Waals surface area contributed by atoms with E-state index < -0.39 is 40.2 Å². The standard InChI is InChI=1S/C20H23FIN3O4S/c1-14(20(27)23-2)24(12-15-6-4-5-7-18(15)21)19(26)13-25(30(3,28)29)17-10-8-16(22)9-11-17/h4-11,14H,12-13H2,1-3H3,(H,23,27)/t14-/m1/s1. The van der Waals surface area contributed by atoms with Crippen LogP contribution in [0.2, 0.25) is 0 Å². The molecule has 0 saturated heterocycles. The Morgan fingerprint density at radius 3 is 2.27 bits per heavy atom. The van der Waals surface area contributed by atoms with E-state index in [1.807, 2.05) is 0 Å². The molecule has 2 amide bonds. The van der Waals surface area contributed by atoms with Crippen LogP contribution in [-0.4, -0.2) is 51.0 Å². The van der Waals surface area contributed by atoms with E-state index in [-0.39, 0.29) is 12.1 Å². The number of nitrogens with zero attached hydrogens (tertiary/aromatic N) is 2. The first kappa shape index (κ1) is 24.1. The highest BCUT2D eigenvalue weighted by molar-refractivity contribution is 14.1. The molecule has 0 unspecified atom stereocenters. The first-order chi connectivity index (χ1) is 14.0. The predicted octanol–water partition coefficient (Wildman–Crippen LogP) is 2.36. The van der Waals surface area contributed by atoms with Crippen LogP contribution in [0.4, 0.5) is 10.1 Å². The highest BCUT2D eigenvalue weighted by Gasteiger charge is 2.30. The Morgan fingerprint density at radius 1 is 1.13 bits per heavy atom. The van der Waals surface area contributed by atoms with Crippen LogP contribution in [0.1, 0.15) is 12.5 Å². The number of carbonyl (C=O) groups is 2. The van der Waals surface area contributed by atoms with Crippen molar-refractivity contribution in [2.75, 3.05) is 24.2 Å². The number of benzene rings is 2. The van der Waals surface area contributed by atoms with E-state index in [1.54, 1.807) is 30.3 Å². The maximum absolute atomic E-state index is 14.2. The molecule has 10 heteroatoms. The number of hydrogen-bond acceptors (Lipinski definition) is 4. The third-order valence-corrected chi connectivity index (χ3v) is 6.37. The monoisotopic (exact) mass is 547 g/mol. The molecule has 2 rings (SSSR count). The van der Waals surface area contributed by atoms with Crippen molar-refractivity contribution in [2.45, 2.75) is 19.5 Å². The Morgan fingerprint density at radius 2 is 1.73 bits per heavy atom. The molecule has 0 aliphatic heterocycles. The second-order valence-electron chi connectivity index (χ2n) is 6.65. The van der Waals surface area contributed by atoms with Crippen LogP contribution < -0.4 is 9.62 Å². The predicted molar refractivity (Wildman–Crippen MR) is 122 cm³/mol. The maximum atomic E-state index is 14.2. The molecule has 1 N–H and O–H groups in total. The number of halogens is 2. The number of likely N-dealkylation sites (N-methyl/N-ethyl adjacent to an activating group) is 1. The van der Waals surface area contributed by atoms with E-state index in [9.17, 15) is 22.4 Å². The quantitative estimate of drug-likeness (QED) is 0.515. The molecule has 162 valence electrons. The molecule has 0 bridgehead atoms. The van der Waals surface area contributed by atoms with E-state index in [2.05, 4.69) is 27.9 Å². The minimum absolute atomic E-state index is 0.176. The topological polar surface area (TPSA) is 86.8 Å². The van der Waals surface area contributed by atoms with Gasteiger partial charge in [-0.2, -0.15) is 0 Å². The summed E-state index contributed by atoms with van der Waals surface area (Å²) in [5.74, 6) is -1.59. The number of rotatable bonds is 8. The fraction of sp³-hybridized carbons (Fsp3) is 0.300. The first-order valence-corrected chi connectivity index (χ1v) is 11.9. The zero-order valence-corrected chi connectivity index (χ0v) is 19.8. The normalized spacial score (nSPS) is 12.2. The van der Waals surface area contributed by atoms with Crippen LogP contribution in [0.25, 0.3) is 0 Å². The Kier molecular flexibility index (Phi) is 8.18. The molecular formula is C20H23FIN3O4S. The molecule has 7 nitrogen and oxygen atoms in total. The van der Waals surface area contributed by atoms with Crippen molar-refractivity contribution in [2.24, 2.45) is 0 Å². The summed E-state index contributed by atoms with van der Waals surface area (Å²) in [6.45, 7) is 0.812. The summed E-state index contributed by atoms with van der Waals surface area (Å²) in [6, 6.07) is 11.6. The van der Waals surface area contributed by atoms with Crippen molar-refractivity contribution < 1.29 is 22.4 Å². The largest absolute Gasteiger partial charge is 0.357 e. The van der Waals surface area contributed by atoms with Gasteiger partial charge >= 0.3 is 0 Å². The van der Waals surface area contributed by atoms with Gasteiger partial charge in [-0.3, -0.25) is 13.9 Å². The molecule has 0 fully saturated rings. The third-order valence-electron chi connectivity index (χ3n) is 4.51. The number of anilines is 1. The average Bonchev–Trinajstić information content (AvgIpc) is 2.70. The van der Waals surface area contributed by atoms with Crippen LogP contribution in [0.3, 0.4) is 0 Å².